The van der Waals surface area contributed by atoms with Gasteiger partial charge in [0.05, 0.1) is 5.54 Å². The molecule has 0 aromatic carbocycles. The van der Waals surface area contributed by atoms with Crippen molar-refractivity contribution in [2.75, 3.05) is 33.2 Å². The third-order valence-electron chi connectivity index (χ3n) is 4.83. The van der Waals surface area contributed by atoms with Gasteiger partial charge in [0.2, 0.25) is 5.91 Å². The molecule has 2 heterocycles. The Labute approximate surface area is 141 Å². The summed E-state index contributed by atoms with van der Waals surface area (Å²) in [5.74, 6) is 0.273. The van der Waals surface area contributed by atoms with Gasteiger partial charge in [-0.05, 0) is 58.7 Å². The van der Waals surface area contributed by atoms with Gasteiger partial charge in [-0.1, -0.05) is 6.92 Å². The molecule has 0 radical (unpaired) electrons. The SMILES string of the molecule is CCN1CCCC1CN(C)C(=O)C1(C)CCCCN1.Cl.Cl. The summed E-state index contributed by atoms with van der Waals surface area (Å²) in [6.45, 7) is 8.42. The molecule has 0 saturated carbocycles. The zero-order valence-electron chi connectivity index (χ0n) is 13.6. The van der Waals surface area contributed by atoms with E-state index in [0.29, 0.717) is 6.04 Å². The van der Waals surface area contributed by atoms with Gasteiger partial charge in [0.25, 0.3) is 0 Å². The molecule has 0 aliphatic carbocycles. The first kappa shape index (κ1) is 21.0. The molecule has 6 heteroatoms. The van der Waals surface area contributed by atoms with E-state index in [2.05, 4.69) is 24.1 Å². The minimum absolute atomic E-state index is 0. The summed E-state index contributed by atoms with van der Waals surface area (Å²) in [5.41, 5.74) is -0.331. The maximum atomic E-state index is 12.6. The van der Waals surface area contributed by atoms with Gasteiger partial charge in [0, 0.05) is 19.6 Å². The molecule has 2 saturated heterocycles. The standard InChI is InChI=1S/C15H29N3O.2ClH/c1-4-18-11-7-8-13(18)12-17(3)14(19)15(2)9-5-6-10-16-15;;/h13,16H,4-12H2,1-3H3;2*1H. The number of hydrogen-bond donors (Lipinski definition) is 1. The van der Waals surface area contributed by atoms with Crippen molar-refractivity contribution in [1.82, 2.24) is 15.1 Å². The third-order valence-corrected chi connectivity index (χ3v) is 4.83. The highest BCUT2D eigenvalue weighted by atomic mass is 35.5. The Bertz CT molecular complexity index is 322. The topological polar surface area (TPSA) is 35.6 Å². The van der Waals surface area contributed by atoms with E-state index < -0.39 is 0 Å². The fraction of sp³-hybridized carbons (Fsp3) is 0.933. The minimum Gasteiger partial charge on any atom is -0.343 e. The number of carbonyl (C=O) groups is 1. The molecule has 1 N–H and O–H groups in total. The maximum Gasteiger partial charge on any atom is 0.242 e. The number of hydrogen-bond acceptors (Lipinski definition) is 3. The Kier molecular flexibility index (Phi) is 9.17. The van der Waals surface area contributed by atoms with Crippen LogP contribution in [0.1, 0.15) is 46.0 Å². The van der Waals surface area contributed by atoms with Crippen molar-refractivity contribution >= 4 is 30.7 Å². The Balaban J connectivity index is 0.00000200. The van der Waals surface area contributed by atoms with Gasteiger partial charge < -0.3 is 10.2 Å². The fourth-order valence-electron chi connectivity index (χ4n) is 3.58. The van der Waals surface area contributed by atoms with Crippen molar-refractivity contribution < 1.29 is 4.79 Å². The normalized spacial score (nSPS) is 29.4. The summed E-state index contributed by atoms with van der Waals surface area (Å²) in [6, 6.07) is 0.561. The Morgan fingerprint density at radius 3 is 2.62 bits per heavy atom. The largest absolute Gasteiger partial charge is 0.343 e. The van der Waals surface area contributed by atoms with Crippen LogP contribution in [-0.4, -0.2) is 60.5 Å². The molecule has 2 rings (SSSR count). The van der Waals surface area contributed by atoms with Crippen molar-refractivity contribution in [3.63, 3.8) is 0 Å². The molecule has 1 amide bonds. The van der Waals surface area contributed by atoms with Crippen LogP contribution < -0.4 is 5.32 Å². The van der Waals surface area contributed by atoms with E-state index in [4.69, 9.17) is 0 Å². The zero-order valence-corrected chi connectivity index (χ0v) is 15.2. The maximum absolute atomic E-state index is 12.6. The number of nitrogens with zero attached hydrogens (tertiary/aromatic N) is 2. The van der Waals surface area contributed by atoms with Crippen LogP contribution in [0, 0.1) is 0 Å². The van der Waals surface area contributed by atoms with Crippen LogP contribution in [-0.2, 0) is 4.79 Å². The van der Waals surface area contributed by atoms with E-state index in [-0.39, 0.29) is 36.3 Å². The second kappa shape index (κ2) is 9.19. The molecule has 2 unspecified atom stereocenters. The fourth-order valence-corrected chi connectivity index (χ4v) is 3.58. The molecule has 0 aromatic heterocycles. The minimum atomic E-state index is -0.331. The molecule has 2 fully saturated rings. The predicted octanol–water partition coefficient (Wildman–Crippen LogP) is 2.30. The lowest BCUT2D eigenvalue weighted by Gasteiger charge is -2.38. The third kappa shape index (κ3) is 4.98. The predicted molar refractivity (Wildman–Crippen MR) is 92.7 cm³/mol. The molecule has 0 aromatic rings. The van der Waals surface area contributed by atoms with E-state index in [0.717, 1.165) is 32.5 Å². The number of halogens is 2. The van der Waals surface area contributed by atoms with E-state index in [1.165, 1.54) is 25.8 Å². The number of nitrogens with one attached hydrogen (secondary N) is 1. The summed E-state index contributed by atoms with van der Waals surface area (Å²) < 4.78 is 0. The molecule has 0 bridgehead atoms. The van der Waals surface area contributed by atoms with E-state index >= 15 is 0 Å². The second-order valence-corrected chi connectivity index (χ2v) is 6.33. The van der Waals surface area contributed by atoms with E-state index in [1.54, 1.807) is 0 Å². The van der Waals surface area contributed by atoms with Gasteiger partial charge in [0.15, 0.2) is 0 Å². The summed E-state index contributed by atoms with van der Waals surface area (Å²) >= 11 is 0. The number of likely N-dealkylation sites (tertiary alicyclic amines) is 1. The molecule has 126 valence electrons. The zero-order chi connectivity index (χ0) is 13.9. The van der Waals surface area contributed by atoms with Gasteiger partial charge in [0.1, 0.15) is 0 Å². The van der Waals surface area contributed by atoms with Crippen molar-refractivity contribution in [3.8, 4) is 0 Å². The highest BCUT2D eigenvalue weighted by Gasteiger charge is 2.37. The lowest BCUT2D eigenvalue weighted by atomic mass is 9.89. The molecule has 2 aliphatic rings. The van der Waals surface area contributed by atoms with Crippen LogP contribution in [0.2, 0.25) is 0 Å². The number of amides is 1. The van der Waals surface area contributed by atoms with Crippen LogP contribution in [0.5, 0.6) is 0 Å². The summed E-state index contributed by atoms with van der Waals surface area (Å²) in [4.78, 5) is 17.1. The van der Waals surface area contributed by atoms with Crippen molar-refractivity contribution in [2.24, 2.45) is 0 Å². The number of likely N-dealkylation sites (N-methyl/N-ethyl adjacent to an activating group) is 2. The van der Waals surface area contributed by atoms with Crippen molar-refractivity contribution in [2.45, 2.75) is 57.5 Å². The highest BCUT2D eigenvalue weighted by Crippen LogP contribution is 2.23. The molecule has 21 heavy (non-hydrogen) atoms. The average Bonchev–Trinajstić information content (AvgIpc) is 2.85. The lowest BCUT2D eigenvalue weighted by Crippen LogP contribution is -2.58. The van der Waals surface area contributed by atoms with Crippen molar-refractivity contribution in [1.29, 1.82) is 0 Å². The summed E-state index contributed by atoms with van der Waals surface area (Å²) in [5, 5.41) is 3.42. The second-order valence-electron chi connectivity index (χ2n) is 6.33. The van der Waals surface area contributed by atoms with Crippen LogP contribution in [0.25, 0.3) is 0 Å². The quantitative estimate of drug-likeness (QED) is 0.853. The average molecular weight is 340 g/mol. The Morgan fingerprint density at radius 2 is 2.05 bits per heavy atom. The van der Waals surface area contributed by atoms with Crippen LogP contribution in [0.3, 0.4) is 0 Å². The first-order valence-electron chi connectivity index (χ1n) is 7.81. The van der Waals surface area contributed by atoms with Crippen LogP contribution in [0.4, 0.5) is 0 Å². The van der Waals surface area contributed by atoms with Crippen LogP contribution >= 0.6 is 24.8 Å². The van der Waals surface area contributed by atoms with Gasteiger partial charge in [-0.3, -0.25) is 9.69 Å². The van der Waals surface area contributed by atoms with E-state index in [9.17, 15) is 4.79 Å². The lowest BCUT2D eigenvalue weighted by molar-refractivity contribution is -0.138. The monoisotopic (exact) mass is 339 g/mol. The van der Waals surface area contributed by atoms with Gasteiger partial charge in [-0.15, -0.1) is 24.8 Å². The van der Waals surface area contributed by atoms with Gasteiger partial charge >= 0.3 is 0 Å². The van der Waals surface area contributed by atoms with E-state index in [1.807, 2.05) is 11.9 Å². The van der Waals surface area contributed by atoms with Gasteiger partial charge in [-0.25, -0.2) is 0 Å². The Hall–Kier alpha value is -0.0300. The molecule has 2 atom stereocenters. The summed E-state index contributed by atoms with van der Waals surface area (Å²) in [7, 11) is 1.97. The Morgan fingerprint density at radius 1 is 1.33 bits per heavy atom. The molecular formula is C15H31Cl2N3O. The number of carbonyl (C=O) groups excluding carboxylic acids is 1. The number of piperidine rings is 1. The first-order valence-corrected chi connectivity index (χ1v) is 7.81. The van der Waals surface area contributed by atoms with Gasteiger partial charge in [-0.2, -0.15) is 0 Å². The number of rotatable bonds is 4. The molecular weight excluding hydrogens is 309 g/mol. The highest BCUT2D eigenvalue weighted by molar-refractivity contribution is 5.86. The first-order chi connectivity index (χ1) is 9.07. The molecule has 2 aliphatic heterocycles. The molecule has 0 spiro atoms. The van der Waals surface area contributed by atoms with Crippen LogP contribution in [0.15, 0.2) is 0 Å². The summed E-state index contributed by atoms with van der Waals surface area (Å²) in [6.07, 6.45) is 5.83. The smallest absolute Gasteiger partial charge is 0.242 e. The van der Waals surface area contributed by atoms with Crippen molar-refractivity contribution in [3.05, 3.63) is 0 Å². The molecule has 4 nitrogen and oxygen atoms in total.